The normalized spacial score (nSPS) is 13.0. The molecule has 1 aliphatic rings. The number of ether oxygens (including phenoxy) is 5. The average Bonchev–Trinajstić information content (AvgIpc) is 4.05. The van der Waals surface area contributed by atoms with E-state index < -0.39 is 54.1 Å². The van der Waals surface area contributed by atoms with Gasteiger partial charge in [0.05, 0.1) is 13.0 Å². The van der Waals surface area contributed by atoms with Crippen molar-refractivity contribution in [2.45, 2.75) is 59.8 Å². The number of amides is 3. The molecule has 0 saturated heterocycles. The van der Waals surface area contributed by atoms with Crippen molar-refractivity contribution in [2.24, 2.45) is 23.5 Å². The van der Waals surface area contributed by atoms with Gasteiger partial charge in [-0.1, -0.05) is 40.3 Å². The van der Waals surface area contributed by atoms with Gasteiger partial charge in [0.15, 0.2) is 5.69 Å². The van der Waals surface area contributed by atoms with Crippen molar-refractivity contribution in [3.8, 4) is 16.9 Å². The molecule has 2 atom stereocenters. The monoisotopic (exact) mass is 814 g/mol. The van der Waals surface area contributed by atoms with Crippen LogP contribution < -0.4 is 26.4 Å². The molecule has 1 aliphatic carbocycles. The van der Waals surface area contributed by atoms with Gasteiger partial charge in [-0.2, -0.15) is 0 Å². The van der Waals surface area contributed by atoms with Crippen LogP contribution in [0.5, 0.6) is 5.75 Å². The Morgan fingerprint density at radius 2 is 1.58 bits per heavy atom. The van der Waals surface area contributed by atoms with Gasteiger partial charge in [0.1, 0.15) is 36.5 Å². The predicted molar refractivity (Wildman–Crippen MR) is 217 cm³/mol. The van der Waals surface area contributed by atoms with E-state index in [1.807, 2.05) is 0 Å². The van der Waals surface area contributed by atoms with Gasteiger partial charge in [0.25, 0.3) is 11.8 Å². The van der Waals surface area contributed by atoms with E-state index in [0.29, 0.717) is 29.5 Å². The number of methoxy groups -OCH3 is 1. The Hall–Kier alpha value is -6.62. The van der Waals surface area contributed by atoms with Gasteiger partial charge < -0.3 is 40.1 Å². The highest BCUT2D eigenvalue weighted by molar-refractivity contribution is 6.11. The van der Waals surface area contributed by atoms with Crippen molar-refractivity contribution in [3.63, 3.8) is 0 Å². The zero-order valence-electron chi connectivity index (χ0n) is 33.8. The second kappa shape index (κ2) is 20.7. The highest BCUT2D eigenvalue weighted by Crippen LogP contribution is 2.35. The molecule has 1 fully saturated rings. The fourth-order valence-corrected chi connectivity index (χ4v) is 5.26. The Labute approximate surface area is 341 Å². The van der Waals surface area contributed by atoms with Crippen LogP contribution in [0, 0.1) is 23.2 Å². The highest BCUT2D eigenvalue weighted by Gasteiger charge is 2.28. The number of anilines is 1. The Kier molecular flexibility index (Phi) is 15.8. The number of esters is 3. The minimum Gasteiger partial charge on any atom is -0.496 e. The number of benzene rings is 2. The third-order valence-electron chi connectivity index (χ3n) is 8.93. The van der Waals surface area contributed by atoms with Gasteiger partial charge in [-0.15, -0.1) is 0 Å². The summed E-state index contributed by atoms with van der Waals surface area (Å²) in [5.41, 5.74) is 6.70. The molecule has 4 rings (SSSR count). The van der Waals surface area contributed by atoms with Gasteiger partial charge >= 0.3 is 24.0 Å². The van der Waals surface area contributed by atoms with Gasteiger partial charge in [0.2, 0.25) is 6.29 Å². The number of carbonyl (C=O) groups excluding carboxylic acids is 6. The molecule has 2 unspecified atom stereocenters. The lowest BCUT2D eigenvalue weighted by Gasteiger charge is -2.19. The number of carbonyl (C=O) groups is 6. The third kappa shape index (κ3) is 12.7. The fraction of sp³-hybridized carbons (Fsp3) is 0.381. The van der Waals surface area contributed by atoms with Crippen LogP contribution in [0.1, 0.15) is 89.9 Å². The molecule has 0 bridgehead atoms. The molecule has 314 valence electrons. The number of nitrogens with two attached hydrogens (primary N) is 1. The average molecular weight is 815 g/mol. The van der Waals surface area contributed by atoms with Crippen molar-refractivity contribution in [2.75, 3.05) is 32.2 Å². The predicted octanol–water partition coefficient (Wildman–Crippen LogP) is 5.07. The molecule has 6 N–H and O–H groups in total. The zero-order chi connectivity index (χ0) is 43.4. The molecule has 1 aromatic heterocycles. The summed E-state index contributed by atoms with van der Waals surface area (Å²) >= 11 is 0. The first-order valence-corrected chi connectivity index (χ1v) is 18.9. The third-order valence-corrected chi connectivity index (χ3v) is 8.93. The summed E-state index contributed by atoms with van der Waals surface area (Å²) in [5.74, 6) is -3.61. The first kappa shape index (κ1) is 45.1. The van der Waals surface area contributed by atoms with E-state index in [1.165, 1.54) is 68.6 Å². The van der Waals surface area contributed by atoms with E-state index >= 15 is 0 Å². The van der Waals surface area contributed by atoms with E-state index in [4.69, 9.17) is 34.8 Å². The summed E-state index contributed by atoms with van der Waals surface area (Å²) in [6.45, 7) is 12.0. The second-order valence-corrected chi connectivity index (χ2v) is 14.3. The number of rotatable bonds is 18. The molecule has 1 saturated carbocycles. The summed E-state index contributed by atoms with van der Waals surface area (Å²) in [6.07, 6.45) is 1.24. The van der Waals surface area contributed by atoms with Crippen LogP contribution in [-0.4, -0.2) is 85.8 Å². The molecule has 3 amide bonds. The number of nitrogens with one attached hydrogen (secondary N) is 4. The van der Waals surface area contributed by atoms with Crippen LogP contribution in [0.2, 0.25) is 0 Å². The lowest BCUT2D eigenvalue weighted by molar-refractivity contribution is -0.169. The Balaban J connectivity index is 1.57. The fourth-order valence-electron chi connectivity index (χ4n) is 5.26. The molecule has 59 heavy (non-hydrogen) atoms. The zero-order valence-corrected chi connectivity index (χ0v) is 33.8. The number of amidine groups is 1. The van der Waals surface area contributed by atoms with E-state index in [1.54, 1.807) is 27.7 Å². The molecule has 2 aromatic carbocycles. The van der Waals surface area contributed by atoms with Crippen molar-refractivity contribution in [3.05, 3.63) is 83.2 Å². The Morgan fingerprint density at radius 3 is 2.19 bits per heavy atom. The Morgan fingerprint density at radius 1 is 0.898 bits per heavy atom. The minimum absolute atomic E-state index is 0.0554. The summed E-state index contributed by atoms with van der Waals surface area (Å²) < 4.78 is 26.3. The quantitative estimate of drug-likeness (QED) is 0.0281. The molecule has 0 radical (unpaired) electrons. The topological polar surface area (TPSA) is 247 Å². The Bertz CT molecular complexity index is 2080. The number of nitrogens with zero attached hydrogens (tertiary/aromatic N) is 1. The number of hydrogen-bond donors (Lipinski definition) is 5. The lowest BCUT2D eigenvalue weighted by atomic mass is 9.94. The second-order valence-electron chi connectivity index (χ2n) is 14.3. The van der Waals surface area contributed by atoms with Crippen molar-refractivity contribution in [1.29, 1.82) is 5.41 Å². The molecule has 0 aliphatic heterocycles. The smallest absolute Gasteiger partial charge is 0.412 e. The lowest BCUT2D eigenvalue weighted by Crippen LogP contribution is -2.38. The van der Waals surface area contributed by atoms with Crippen LogP contribution in [0.15, 0.2) is 55.1 Å². The maximum absolute atomic E-state index is 14.1. The van der Waals surface area contributed by atoms with Crippen molar-refractivity contribution < 1.29 is 52.5 Å². The number of pyridine rings is 1. The van der Waals surface area contributed by atoms with Crippen LogP contribution >= 0.6 is 0 Å². The van der Waals surface area contributed by atoms with Gasteiger partial charge in [-0.25, -0.2) is 14.6 Å². The maximum atomic E-state index is 14.1. The number of hydrogen-bond acceptors (Lipinski definition) is 14. The molecular weight excluding hydrogens is 764 g/mol. The molecule has 0 spiro atoms. The molecule has 17 nitrogen and oxygen atoms in total. The SMILES string of the molecule is C=Cc1cc(C(=O)Nc2ccc(C(=N)NC(=O)OCCOC(=O)C(N)C(C)C)cc2)c(-c2ccc(C(=O)NCC3CC3)nc2C(=O)OC(C)OC(=O)C(C)C)cc1OC. The molecule has 1 heterocycles. The highest BCUT2D eigenvalue weighted by atomic mass is 16.7. The van der Waals surface area contributed by atoms with Crippen LogP contribution in [-0.2, 0) is 28.5 Å². The largest absolute Gasteiger partial charge is 0.496 e. The van der Waals surface area contributed by atoms with E-state index in [-0.39, 0.29) is 58.6 Å². The number of alkyl carbamates (subject to hydrolysis) is 1. The van der Waals surface area contributed by atoms with Crippen LogP contribution in [0.3, 0.4) is 0 Å². The van der Waals surface area contributed by atoms with E-state index in [2.05, 4.69) is 27.5 Å². The molecule has 3 aromatic rings. The minimum atomic E-state index is -1.31. The summed E-state index contributed by atoms with van der Waals surface area (Å²) in [4.78, 5) is 81.6. The van der Waals surface area contributed by atoms with Crippen molar-refractivity contribution >= 4 is 53.4 Å². The van der Waals surface area contributed by atoms with Crippen LogP contribution in [0.25, 0.3) is 17.2 Å². The summed E-state index contributed by atoms with van der Waals surface area (Å²) in [7, 11) is 1.42. The molecular formula is C42H50N6O11. The first-order chi connectivity index (χ1) is 28.0. The van der Waals surface area contributed by atoms with Gasteiger partial charge in [-0.05, 0) is 73.2 Å². The van der Waals surface area contributed by atoms with Crippen molar-refractivity contribution in [1.82, 2.24) is 15.6 Å². The van der Waals surface area contributed by atoms with Gasteiger partial charge in [0, 0.05) is 47.0 Å². The van der Waals surface area contributed by atoms with Crippen LogP contribution in [0.4, 0.5) is 10.5 Å². The standard InChI is InChI=1S/C42H50N6O11/c1-8-26-19-31(37(49)46-28-13-11-27(12-14-28)36(44)48-42(54)57-18-17-56-40(52)34(43)22(2)3)30(20-33(26)55-7)29-15-16-32(38(50)45-21-25-9-10-25)47-35(29)41(53)59-24(6)58-39(51)23(4)5/h8,11-16,19-20,22-25,34H,1,9-10,17-18,21,43H2,2-7H3,(H,45,50)(H,46,49)(H2,44,48,54). The first-order valence-electron chi connectivity index (χ1n) is 18.9. The van der Waals surface area contributed by atoms with Gasteiger partial charge in [-0.3, -0.25) is 29.9 Å². The molecule has 17 heteroatoms. The van der Waals surface area contributed by atoms with E-state index in [0.717, 1.165) is 12.8 Å². The summed E-state index contributed by atoms with van der Waals surface area (Å²) in [5, 5.41) is 16.2. The number of aromatic nitrogens is 1. The summed E-state index contributed by atoms with van der Waals surface area (Å²) in [6, 6.07) is 11.1. The van der Waals surface area contributed by atoms with E-state index in [9.17, 15) is 28.8 Å². The maximum Gasteiger partial charge on any atom is 0.412 e.